The highest BCUT2D eigenvalue weighted by Gasteiger charge is 2.24. The zero-order valence-corrected chi connectivity index (χ0v) is 72.1. The Morgan fingerprint density at radius 3 is 1.27 bits per heavy atom. The fourth-order valence-electron chi connectivity index (χ4n) is 16.1. The van der Waals surface area contributed by atoms with Crippen molar-refractivity contribution in [1.29, 1.82) is 0 Å². The van der Waals surface area contributed by atoms with Gasteiger partial charge >= 0.3 is 0 Å². The van der Waals surface area contributed by atoms with Crippen LogP contribution in [0.5, 0.6) is 0 Å². The van der Waals surface area contributed by atoms with Crippen molar-refractivity contribution in [3.05, 3.63) is 300 Å². The lowest BCUT2D eigenvalue weighted by atomic mass is 10.1. The Kier molecular flexibility index (Phi) is 25.4. The highest BCUT2D eigenvalue weighted by Crippen LogP contribution is 2.31. The van der Waals surface area contributed by atoms with E-state index in [4.69, 9.17) is 33.7 Å². The van der Waals surface area contributed by atoms with E-state index in [0.29, 0.717) is 129 Å². The van der Waals surface area contributed by atoms with Gasteiger partial charge in [0.2, 0.25) is 11.8 Å². The molecular weight excluding hydrogens is 1640 g/mol. The maximum Gasteiger partial charge on any atom is 0.262 e. The van der Waals surface area contributed by atoms with Crippen molar-refractivity contribution < 1.29 is 14.3 Å². The fraction of sp³-hybridized carbons (Fsp3) is 0.217. The highest BCUT2D eigenvalue weighted by atomic mass is 35.5. The SMILES string of the molecule is CC(=O)NCCn1c(=O)c2c(C)nn(C(C)=O)c2c2ccccc21.CNCCn1c(=O)c2c(C)[nH]nc2c2ccccc21.COCCn1c(=O)c2c(C)[nH]nc2c2ccc(Cl)cc21.Cc1[nH]nc2c1c(=O)n(CCN)c1ccccc21.Cc1[nH]nc2c1c(=O)n(Cc1cccnc1)c1ccccc21.Cc1[nH]nc2c1c(=O)n(Cc1ccncc1)c1ccc(Cl)cc21. The Balaban J connectivity index is 0.000000117. The Morgan fingerprint density at radius 1 is 0.413 bits per heavy atom. The Labute approximate surface area is 725 Å². The first kappa shape index (κ1) is 86.2. The topological polar surface area (TPSA) is 412 Å². The minimum absolute atomic E-state index is 0.0233. The van der Waals surface area contributed by atoms with Crippen LogP contribution >= 0.6 is 23.2 Å². The van der Waals surface area contributed by atoms with E-state index >= 15 is 0 Å². The molecule has 640 valence electrons. The number of pyridine rings is 8. The number of H-pyrrole nitrogens is 5. The summed E-state index contributed by atoms with van der Waals surface area (Å²) in [6, 6.07) is 49.6. The average Bonchev–Trinajstić information content (AvgIpc) is 1.58. The molecule has 0 fully saturated rings. The molecule has 0 spiro atoms. The largest absolute Gasteiger partial charge is 0.383 e. The van der Waals surface area contributed by atoms with Crippen LogP contribution in [-0.2, 0) is 48.8 Å². The van der Waals surface area contributed by atoms with Crippen molar-refractivity contribution in [3.8, 4) is 0 Å². The van der Waals surface area contributed by atoms with Gasteiger partial charge in [0.25, 0.3) is 33.4 Å². The van der Waals surface area contributed by atoms with E-state index in [1.54, 1.807) is 79.9 Å². The molecule has 9 N–H and O–H groups in total. The van der Waals surface area contributed by atoms with Crippen LogP contribution in [0.15, 0.2) is 211 Å². The lowest BCUT2D eigenvalue weighted by molar-refractivity contribution is -0.119. The third-order valence-corrected chi connectivity index (χ3v) is 22.4. The monoisotopic (exact) mass is 1730 g/mol. The molecule has 14 aromatic heterocycles. The number of aryl methyl sites for hydroxylation is 6. The third kappa shape index (κ3) is 16.7. The van der Waals surface area contributed by atoms with Gasteiger partial charge in [-0.05, 0) is 139 Å². The molecule has 0 aliphatic heterocycles. The van der Waals surface area contributed by atoms with Crippen LogP contribution in [0.25, 0.3) is 131 Å². The van der Waals surface area contributed by atoms with Crippen molar-refractivity contribution in [2.75, 3.05) is 40.4 Å². The van der Waals surface area contributed by atoms with E-state index < -0.39 is 0 Å². The van der Waals surface area contributed by atoms with E-state index in [0.717, 1.165) is 123 Å². The number of carbonyl (C=O) groups excluding carboxylic acids is 2. The van der Waals surface area contributed by atoms with Gasteiger partial charge < -0.3 is 48.5 Å². The first-order valence-corrected chi connectivity index (χ1v) is 41.3. The summed E-state index contributed by atoms with van der Waals surface area (Å²) >= 11 is 12.2. The van der Waals surface area contributed by atoms with Crippen LogP contribution in [0, 0.1) is 41.5 Å². The fourth-order valence-corrected chi connectivity index (χ4v) is 16.4. The van der Waals surface area contributed by atoms with Crippen molar-refractivity contribution in [2.45, 2.75) is 94.7 Å². The molecule has 6 aromatic carbocycles. The normalized spacial score (nSPS) is 11.4. The van der Waals surface area contributed by atoms with Gasteiger partial charge in [-0.15, -0.1) is 0 Å². The van der Waals surface area contributed by atoms with Crippen molar-refractivity contribution in [3.63, 3.8) is 0 Å². The summed E-state index contributed by atoms with van der Waals surface area (Å²) in [5, 5.41) is 56.3. The number of hydrogen-bond donors (Lipinski definition) is 8. The van der Waals surface area contributed by atoms with Gasteiger partial charge in [0, 0.05) is 162 Å². The first-order chi connectivity index (χ1) is 60.9. The second kappa shape index (κ2) is 37.2. The van der Waals surface area contributed by atoms with E-state index in [1.165, 1.54) is 18.5 Å². The number of fused-ring (bicyclic) bond motifs is 18. The number of nitrogens with two attached hydrogens (primary N) is 1. The minimum atomic E-state index is -0.242. The van der Waals surface area contributed by atoms with Gasteiger partial charge in [-0.2, -0.15) is 35.3 Å². The lowest BCUT2D eigenvalue weighted by Gasteiger charge is -2.12. The number of methoxy groups -OCH3 is 1. The predicted molar refractivity (Wildman–Crippen MR) is 496 cm³/mol. The minimum Gasteiger partial charge on any atom is -0.383 e. The third-order valence-electron chi connectivity index (χ3n) is 22.0. The summed E-state index contributed by atoms with van der Waals surface area (Å²) in [6.45, 7) is 18.9. The molecular formula is C92H89Cl2N23O9. The van der Waals surface area contributed by atoms with E-state index in [9.17, 15) is 38.4 Å². The number of rotatable bonds is 15. The standard InChI is InChI=1S/C17H13ClN4O.C17H18N4O3.C17H14N4O.C14H14ClN3O2.C14H16N4O.C13H14N4O/c1-10-15-16(21-20-10)13-8-12(18)2-3-14(13)22(17(15)23)9-11-4-6-19-7-5-11;1-10-15-16(21(19-10)12(3)23)13-6-4-5-7-14(13)20(17(15)24)9-8-18-11(2)22;1-11-15-16(20-19-11)13-6-2-3-7-14(13)21(17(15)22)10-12-5-4-8-18-9-12;1-8-12-13(17-16-8)10-4-3-9(15)7-11(10)18(14(12)19)5-6-20-2;1-9-12-13(17-16-9)10-5-3-4-6-11(10)18(14(12)19)8-7-15-2;1-8-11-12(16-15-8)9-4-2-3-5-10(9)17(7-6-14)13(11)18/h2-8H,9H2,1H3,(H,20,21);4-7H,8-9H2,1-3H3,(H,18,22);2-9H,10H2,1H3,(H,19,20);3-4,7H,5-6H2,1-2H3,(H,16,17);3-6,15H,7-8H2,1-2H3,(H,16,17);2-5H,6-7,14H2,1H3,(H,15,16). The number of amides is 1. The molecule has 0 bridgehead atoms. The molecule has 20 aromatic rings. The number of likely N-dealkylation sites (N-methyl/N-ethyl adjacent to an activating group) is 1. The van der Waals surface area contributed by atoms with Gasteiger partial charge in [0.05, 0.1) is 96.3 Å². The number of para-hydroxylation sites is 4. The molecule has 1 amide bonds. The van der Waals surface area contributed by atoms with Crippen molar-refractivity contribution in [1.82, 2.24) is 109 Å². The molecule has 20 rings (SSSR count). The predicted octanol–water partition coefficient (Wildman–Crippen LogP) is 12.4. The zero-order valence-electron chi connectivity index (χ0n) is 70.6. The average molecular weight is 1730 g/mol. The van der Waals surface area contributed by atoms with Gasteiger partial charge in [0.1, 0.15) is 27.6 Å². The van der Waals surface area contributed by atoms with E-state index in [1.807, 2.05) is 186 Å². The number of halogens is 2. The van der Waals surface area contributed by atoms with Crippen LogP contribution in [0.2, 0.25) is 10.0 Å². The van der Waals surface area contributed by atoms with Gasteiger partial charge in [0.15, 0.2) is 0 Å². The number of nitrogens with zero attached hydrogens (tertiary/aromatic N) is 15. The lowest BCUT2D eigenvalue weighted by Crippen LogP contribution is -2.30. The number of hydrogen-bond acceptors (Lipinski definition) is 19. The van der Waals surface area contributed by atoms with E-state index in [2.05, 4.69) is 76.7 Å². The number of ether oxygens (including phenoxy) is 1. The molecule has 0 aliphatic rings. The Bertz CT molecular complexity index is 7990. The summed E-state index contributed by atoms with van der Waals surface area (Å²) in [5.74, 6) is -0.386. The summed E-state index contributed by atoms with van der Waals surface area (Å²) < 4.78 is 16.8. The Hall–Kier alpha value is -14.7. The highest BCUT2D eigenvalue weighted by molar-refractivity contribution is 6.32. The van der Waals surface area contributed by atoms with Crippen LogP contribution in [0.3, 0.4) is 0 Å². The summed E-state index contributed by atoms with van der Waals surface area (Å²) in [7, 11) is 3.50. The maximum absolute atomic E-state index is 13.0. The quantitative estimate of drug-likeness (QED) is 0.0472. The van der Waals surface area contributed by atoms with Crippen molar-refractivity contribution in [2.24, 2.45) is 5.73 Å². The molecule has 0 saturated heterocycles. The van der Waals surface area contributed by atoms with Crippen LogP contribution in [-0.4, -0.2) is 150 Å². The number of aromatic nitrogens is 20. The summed E-state index contributed by atoms with van der Waals surface area (Å²) in [4.78, 5) is 108. The number of aromatic amines is 5. The van der Waals surface area contributed by atoms with Crippen LogP contribution < -0.4 is 49.7 Å². The van der Waals surface area contributed by atoms with Crippen molar-refractivity contribution >= 4 is 166 Å². The molecule has 0 unspecified atom stereocenters. The van der Waals surface area contributed by atoms with Crippen LogP contribution in [0.1, 0.15) is 63.9 Å². The number of nitrogens with one attached hydrogen (secondary N) is 7. The molecule has 0 atom stereocenters. The molecule has 0 aliphatic carbocycles. The molecule has 0 saturated carbocycles. The first-order valence-electron chi connectivity index (χ1n) is 40.5. The summed E-state index contributed by atoms with van der Waals surface area (Å²) in [5.41, 5.74) is 20.8. The Morgan fingerprint density at radius 2 is 0.810 bits per heavy atom. The van der Waals surface area contributed by atoms with Crippen LogP contribution in [0.4, 0.5) is 0 Å². The zero-order chi connectivity index (χ0) is 88.9. The number of benzene rings is 6. The summed E-state index contributed by atoms with van der Waals surface area (Å²) in [6.07, 6.45) is 6.96. The second-order valence-electron chi connectivity index (χ2n) is 30.2. The second-order valence-corrected chi connectivity index (χ2v) is 31.1. The molecule has 34 heteroatoms. The number of carbonyl (C=O) groups is 2. The maximum atomic E-state index is 13.0. The van der Waals surface area contributed by atoms with E-state index in [-0.39, 0.29) is 45.2 Å². The molecule has 0 radical (unpaired) electrons. The van der Waals surface area contributed by atoms with Gasteiger partial charge in [-0.1, -0.05) is 102 Å². The molecule has 126 heavy (non-hydrogen) atoms. The molecule has 32 nitrogen and oxygen atoms in total. The van der Waals surface area contributed by atoms with Gasteiger partial charge in [-0.3, -0.25) is 73.8 Å². The molecule has 14 heterocycles. The van der Waals surface area contributed by atoms with Gasteiger partial charge in [-0.25, -0.2) is 0 Å². The smallest absolute Gasteiger partial charge is 0.262 e.